The molecule has 0 spiro atoms. The molecule has 3 heterocycles. The number of aromatic nitrogens is 1. The zero-order valence-corrected chi connectivity index (χ0v) is 17.9. The molecule has 152 valence electrons. The van der Waals surface area contributed by atoms with E-state index in [1.54, 1.807) is 11.3 Å². The van der Waals surface area contributed by atoms with Crippen molar-refractivity contribution < 1.29 is 4.74 Å². The lowest BCUT2D eigenvalue weighted by molar-refractivity contribution is 0.150. The van der Waals surface area contributed by atoms with Gasteiger partial charge in [0.15, 0.2) is 5.96 Å². The molecule has 0 aromatic carbocycles. The molecule has 0 amide bonds. The van der Waals surface area contributed by atoms with Crippen LogP contribution in [-0.4, -0.2) is 67.8 Å². The first-order valence-electron chi connectivity index (χ1n) is 10.4. The summed E-state index contributed by atoms with van der Waals surface area (Å²) in [7, 11) is 0. The number of piperidine rings is 1. The largest absolute Gasteiger partial charge is 0.381 e. The van der Waals surface area contributed by atoms with Crippen LogP contribution in [0.3, 0.4) is 0 Å². The summed E-state index contributed by atoms with van der Waals surface area (Å²) in [6.45, 7) is 13.4. The minimum Gasteiger partial charge on any atom is -0.381 e. The number of nitrogens with zero attached hydrogens (tertiary/aromatic N) is 3. The predicted octanol–water partition coefficient (Wildman–Crippen LogP) is 2.36. The van der Waals surface area contributed by atoms with Crippen molar-refractivity contribution in [3.05, 3.63) is 15.6 Å². The Morgan fingerprint density at radius 1 is 1.30 bits per heavy atom. The molecular formula is C20H35N5OS. The van der Waals surface area contributed by atoms with Crippen LogP contribution in [-0.2, 0) is 11.2 Å². The molecule has 2 N–H and O–H groups in total. The van der Waals surface area contributed by atoms with Crippen LogP contribution in [0.1, 0.15) is 41.8 Å². The molecule has 3 rings (SSSR count). The second-order valence-corrected chi connectivity index (χ2v) is 8.99. The van der Waals surface area contributed by atoms with E-state index >= 15 is 0 Å². The molecule has 1 atom stereocenters. The van der Waals surface area contributed by atoms with Gasteiger partial charge in [-0.05, 0) is 46.0 Å². The van der Waals surface area contributed by atoms with Crippen LogP contribution in [0.2, 0.25) is 0 Å². The van der Waals surface area contributed by atoms with Crippen LogP contribution >= 0.6 is 11.3 Å². The van der Waals surface area contributed by atoms with Crippen molar-refractivity contribution in [2.24, 2.45) is 10.9 Å². The molecule has 27 heavy (non-hydrogen) atoms. The summed E-state index contributed by atoms with van der Waals surface area (Å²) in [4.78, 5) is 13.3. The van der Waals surface area contributed by atoms with E-state index < -0.39 is 0 Å². The normalized spacial score (nSPS) is 22.3. The van der Waals surface area contributed by atoms with Crippen LogP contribution < -0.4 is 10.6 Å². The quantitative estimate of drug-likeness (QED) is 0.550. The van der Waals surface area contributed by atoms with Gasteiger partial charge in [0.1, 0.15) is 0 Å². The summed E-state index contributed by atoms with van der Waals surface area (Å²) in [5.74, 6) is 1.70. The maximum Gasteiger partial charge on any atom is 0.191 e. The second kappa shape index (κ2) is 10.4. The summed E-state index contributed by atoms with van der Waals surface area (Å²) in [6.07, 6.45) is 4.57. The zero-order chi connectivity index (χ0) is 19.1. The van der Waals surface area contributed by atoms with E-state index in [1.807, 2.05) is 0 Å². The van der Waals surface area contributed by atoms with Crippen LogP contribution in [0.25, 0.3) is 0 Å². The van der Waals surface area contributed by atoms with Gasteiger partial charge in [-0.3, -0.25) is 4.99 Å². The number of rotatable bonds is 7. The maximum absolute atomic E-state index is 5.51. The Morgan fingerprint density at radius 3 is 2.74 bits per heavy atom. The molecule has 2 aliphatic rings. The Balaban J connectivity index is 1.42. The molecule has 2 fully saturated rings. The van der Waals surface area contributed by atoms with Gasteiger partial charge in [0.25, 0.3) is 0 Å². The minimum atomic E-state index is 0.520. The maximum atomic E-state index is 5.51. The highest BCUT2D eigenvalue weighted by molar-refractivity contribution is 7.11. The molecule has 1 aromatic rings. The Morgan fingerprint density at radius 2 is 2.11 bits per heavy atom. The second-order valence-electron chi connectivity index (χ2n) is 7.70. The van der Waals surface area contributed by atoms with Gasteiger partial charge < -0.3 is 20.3 Å². The molecule has 2 saturated heterocycles. The summed E-state index contributed by atoms with van der Waals surface area (Å²) in [5.41, 5.74) is 1.16. The number of hydrogen-bond acceptors (Lipinski definition) is 5. The highest BCUT2D eigenvalue weighted by Crippen LogP contribution is 2.18. The minimum absolute atomic E-state index is 0.520. The van der Waals surface area contributed by atoms with Gasteiger partial charge in [0.2, 0.25) is 0 Å². The zero-order valence-electron chi connectivity index (χ0n) is 17.1. The van der Waals surface area contributed by atoms with Gasteiger partial charge in [0, 0.05) is 56.7 Å². The standard InChI is InChI=1S/C20H35N5OS/c1-4-21-20(22-9-5-19-15(2)23-16(3)27-19)24-18-6-10-25(11-7-18)13-17-8-12-26-14-17/h17-18H,4-14H2,1-3H3,(H2,21,22,24). The van der Waals surface area contributed by atoms with Crippen LogP contribution in [0.4, 0.5) is 0 Å². The predicted molar refractivity (Wildman–Crippen MR) is 113 cm³/mol. The molecule has 0 bridgehead atoms. The molecule has 0 aliphatic carbocycles. The number of ether oxygens (including phenoxy) is 1. The first-order chi connectivity index (χ1) is 13.1. The van der Waals surface area contributed by atoms with Crippen molar-refractivity contribution in [2.75, 3.05) is 45.9 Å². The molecule has 1 unspecified atom stereocenters. The van der Waals surface area contributed by atoms with Crippen molar-refractivity contribution in [1.82, 2.24) is 20.5 Å². The fraction of sp³-hybridized carbons (Fsp3) is 0.800. The fourth-order valence-corrected chi connectivity index (χ4v) is 4.87. The molecule has 7 heteroatoms. The van der Waals surface area contributed by atoms with Gasteiger partial charge in [0.05, 0.1) is 17.3 Å². The number of thiazole rings is 1. The lowest BCUT2D eigenvalue weighted by Gasteiger charge is -2.34. The molecule has 6 nitrogen and oxygen atoms in total. The summed E-state index contributed by atoms with van der Waals surface area (Å²) in [5, 5.41) is 8.20. The molecule has 2 aliphatic heterocycles. The first-order valence-corrected chi connectivity index (χ1v) is 11.2. The highest BCUT2D eigenvalue weighted by Gasteiger charge is 2.24. The number of likely N-dealkylation sites (tertiary alicyclic amines) is 1. The lowest BCUT2D eigenvalue weighted by atomic mass is 10.0. The van der Waals surface area contributed by atoms with Gasteiger partial charge in [-0.25, -0.2) is 4.98 Å². The van der Waals surface area contributed by atoms with Crippen LogP contribution in [0.15, 0.2) is 4.99 Å². The van der Waals surface area contributed by atoms with Gasteiger partial charge in [-0.2, -0.15) is 0 Å². The molecule has 0 radical (unpaired) electrons. The van der Waals surface area contributed by atoms with E-state index in [0.29, 0.717) is 6.04 Å². The lowest BCUT2D eigenvalue weighted by Crippen LogP contribution is -2.49. The molecule has 0 saturated carbocycles. The number of aliphatic imine (C=N–C) groups is 1. The van der Waals surface area contributed by atoms with Crippen molar-refractivity contribution in [3.8, 4) is 0 Å². The fourth-order valence-electron chi connectivity index (χ4n) is 3.94. The third kappa shape index (κ3) is 6.43. The third-order valence-electron chi connectivity index (χ3n) is 5.42. The van der Waals surface area contributed by atoms with Crippen molar-refractivity contribution in [1.29, 1.82) is 0 Å². The average molecular weight is 394 g/mol. The summed E-state index contributed by atoms with van der Waals surface area (Å²) < 4.78 is 5.51. The monoisotopic (exact) mass is 393 g/mol. The van der Waals surface area contributed by atoms with E-state index in [4.69, 9.17) is 9.73 Å². The third-order valence-corrected chi connectivity index (χ3v) is 6.55. The molecule has 1 aromatic heterocycles. The van der Waals surface area contributed by atoms with Crippen molar-refractivity contribution in [3.63, 3.8) is 0 Å². The Hall–Kier alpha value is -1.18. The van der Waals surface area contributed by atoms with E-state index in [-0.39, 0.29) is 0 Å². The average Bonchev–Trinajstić information content (AvgIpc) is 3.26. The Kier molecular flexibility index (Phi) is 7.91. The van der Waals surface area contributed by atoms with E-state index in [1.165, 1.54) is 43.8 Å². The summed E-state index contributed by atoms with van der Waals surface area (Å²) >= 11 is 1.79. The number of aryl methyl sites for hydroxylation is 2. The number of nitrogens with one attached hydrogen (secondary N) is 2. The number of guanidine groups is 1. The van der Waals surface area contributed by atoms with E-state index in [0.717, 1.165) is 55.3 Å². The van der Waals surface area contributed by atoms with Gasteiger partial charge in [-0.15, -0.1) is 11.3 Å². The number of hydrogen-bond donors (Lipinski definition) is 2. The van der Waals surface area contributed by atoms with E-state index in [9.17, 15) is 0 Å². The van der Waals surface area contributed by atoms with Crippen LogP contribution in [0.5, 0.6) is 0 Å². The van der Waals surface area contributed by atoms with Crippen molar-refractivity contribution in [2.45, 2.75) is 52.5 Å². The van der Waals surface area contributed by atoms with Gasteiger partial charge >= 0.3 is 0 Å². The first kappa shape index (κ1) is 20.6. The highest BCUT2D eigenvalue weighted by atomic mass is 32.1. The topological polar surface area (TPSA) is 61.8 Å². The summed E-state index contributed by atoms with van der Waals surface area (Å²) in [6, 6.07) is 0.520. The van der Waals surface area contributed by atoms with E-state index in [2.05, 4.69) is 41.3 Å². The van der Waals surface area contributed by atoms with Crippen molar-refractivity contribution >= 4 is 17.3 Å². The Bertz CT molecular complexity index is 604. The van der Waals surface area contributed by atoms with Gasteiger partial charge in [-0.1, -0.05) is 0 Å². The Labute approximate surface area is 167 Å². The smallest absolute Gasteiger partial charge is 0.191 e. The molecular weight excluding hydrogens is 358 g/mol. The van der Waals surface area contributed by atoms with Crippen LogP contribution in [0, 0.1) is 19.8 Å². The SMILES string of the molecule is CCNC(=NCCc1sc(C)nc1C)NC1CCN(CC2CCOC2)CC1.